The van der Waals surface area contributed by atoms with Crippen LogP contribution in [0, 0.1) is 19.3 Å². The number of ether oxygens (including phenoxy) is 2. The van der Waals surface area contributed by atoms with Crippen molar-refractivity contribution in [1.29, 1.82) is 5.41 Å². The Morgan fingerprint density at radius 1 is 1.11 bits per heavy atom. The van der Waals surface area contributed by atoms with Crippen LogP contribution in [0.4, 0.5) is 0 Å². The summed E-state index contributed by atoms with van der Waals surface area (Å²) in [6.45, 7) is 6.14. The number of amidine groups is 3. The number of benzene rings is 2. The van der Waals surface area contributed by atoms with Crippen molar-refractivity contribution in [3.05, 3.63) is 63.7 Å². The van der Waals surface area contributed by atoms with Crippen LogP contribution in [0.3, 0.4) is 0 Å². The van der Waals surface area contributed by atoms with Gasteiger partial charge < -0.3 is 9.47 Å². The summed E-state index contributed by atoms with van der Waals surface area (Å²) in [6.07, 6.45) is 1.43. The van der Waals surface area contributed by atoms with Gasteiger partial charge in [0.15, 0.2) is 0 Å². The molecule has 0 aliphatic carbocycles. The van der Waals surface area contributed by atoms with E-state index in [4.69, 9.17) is 26.5 Å². The van der Waals surface area contributed by atoms with Crippen LogP contribution in [0.25, 0.3) is 6.08 Å². The van der Waals surface area contributed by atoms with E-state index in [1.807, 2.05) is 32.0 Å². The van der Waals surface area contributed by atoms with E-state index in [1.54, 1.807) is 18.2 Å². The van der Waals surface area contributed by atoms with Gasteiger partial charge in [-0.25, -0.2) is 13.3 Å². The molecule has 12 heteroatoms. The Bertz CT molecular complexity index is 1450. The molecule has 0 spiro atoms. The highest BCUT2D eigenvalue weighted by molar-refractivity contribution is 8.16. The minimum Gasteiger partial charge on any atom is -0.490 e. The van der Waals surface area contributed by atoms with Crippen LogP contribution in [0.5, 0.6) is 11.5 Å². The van der Waals surface area contributed by atoms with Gasteiger partial charge in [0.1, 0.15) is 30.5 Å². The largest absolute Gasteiger partial charge is 0.490 e. The van der Waals surface area contributed by atoms with E-state index in [1.165, 1.54) is 18.6 Å². The SMILES string of the molecule is CCS(=O)(=O)C1=NSC2=NC(=O)/C(=C\c3ccc(OCCOc4ccc(C)c(C)c4)c(Cl)c3)C(=N)N21. The molecule has 0 saturated heterocycles. The number of hydrogen-bond acceptors (Lipinski definition) is 8. The van der Waals surface area contributed by atoms with Gasteiger partial charge in [-0.05, 0) is 60.9 Å². The summed E-state index contributed by atoms with van der Waals surface area (Å²) in [5.41, 5.74) is 2.78. The Balaban J connectivity index is 1.44. The van der Waals surface area contributed by atoms with E-state index < -0.39 is 15.7 Å². The Labute approximate surface area is 218 Å². The average molecular weight is 547 g/mol. The molecule has 0 saturated carbocycles. The fraction of sp³-hybridized carbons (Fsp3) is 0.250. The minimum absolute atomic E-state index is 0.0407. The molecule has 1 N–H and O–H groups in total. The molecule has 0 atom stereocenters. The molecule has 0 aromatic heterocycles. The van der Waals surface area contributed by atoms with Gasteiger partial charge in [-0.2, -0.15) is 9.39 Å². The lowest BCUT2D eigenvalue weighted by atomic mass is 10.1. The van der Waals surface area contributed by atoms with Crippen LogP contribution in [-0.2, 0) is 14.6 Å². The number of carbonyl (C=O) groups excluding carboxylic acids is 1. The molecule has 2 aromatic rings. The lowest BCUT2D eigenvalue weighted by Crippen LogP contribution is -2.45. The van der Waals surface area contributed by atoms with E-state index in [0.29, 0.717) is 22.9 Å². The van der Waals surface area contributed by atoms with Crippen molar-refractivity contribution in [3.63, 3.8) is 0 Å². The number of hydrogen-bond donors (Lipinski definition) is 1. The quantitative estimate of drug-likeness (QED) is 0.310. The number of carbonyl (C=O) groups is 1. The van der Waals surface area contributed by atoms with E-state index >= 15 is 0 Å². The number of nitrogens with one attached hydrogen (secondary N) is 1. The highest BCUT2D eigenvalue weighted by atomic mass is 35.5. The van der Waals surface area contributed by atoms with E-state index in [0.717, 1.165) is 28.2 Å². The summed E-state index contributed by atoms with van der Waals surface area (Å²) >= 11 is 7.13. The molecular weight excluding hydrogens is 524 g/mol. The predicted octanol–water partition coefficient (Wildman–Crippen LogP) is 4.43. The van der Waals surface area contributed by atoms with Crippen LogP contribution in [0.2, 0.25) is 5.02 Å². The molecule has 2 aliphatic rings. The third-order valence-corrected chi connectivity index (χ3v) is 8.21. The standard InChI is InChI=1S/C24H23ClN4O5S2/c1-4-36(31,32)24-28-35-23-27-22(30)18(21(26)29(23)24)12-16-6-8-20(19(25)13-16)34-10-9-33-17-7-5-14(2)15(3)11-17/h5-8,11-13,26H,4,9-10H2,1-3H3/b18-12-,26-21?. The summed E-state index contributed by atoms with van der Waals surface area (Å²) in [5, 5.41) is 8.51. The first kappa shape index (κ1) is 25.9. The molecule has 2 aromatic carbocycles. The second-order valence-electron chi connectivity index (χ2n) is 7.94. The van der Waals surface area contributed by atoms with Crippen LogP contribution in [-0.4, -0.2) is 54.4 Å². The summed E-state index contributed by atoms with van der Waals surface area (Å²) in [7, 11) is -3.71. The third-order valence-electron chi connectivity index (χ3n) is 5.51. The molecular formula is C24H23ClN4O5S2. The number of aryl methyl sites for hydroxylation is 2. The number of halogens is 1. The summed E-state index contributed by atoms with van der Waals surface area (Å²) < 4.78 is 40.1. The number of nitrogens with zero attached hydrogens (tertiary/aromatic N) is 3. The number of fused-ring (bicyclic) bond motifs is 1. The highest BCUT2D eigenvalue weighted by Crippen LogP contribution is 2.31. The average Bonchev–Trinajstić information content (AvgIpc) is 3.27. The van der Waals surface area contributed by atoms with Crippen molar-refractivity contribution < 1.29 is 22.7 Å². The topological polar surface area (TPSA) is 121 Å². The number of sulfone groups is 1. The fourth-order valence-corrected chi connectivity index (χ4v) is 5.54. The Morgan fingerprint density at radius 2 is 1.86 bits per heavy atom. The molecule has 0 unspecified atom stereocenters. The van der Waals surface area contributed by atoms with Crippen LogP contribution < -0.4 is 9.47 Å². The van der Waals surface area contributed by atoms with Gasteiger partial charge in [-0.15, -0.1) is 0 Å². The van der Waals surface area contributed by atoms with Gasteiger partial charge in [0.05, 0.1) is 28.3 Å². The lowest BCUT2D eigenvalue weighted by Gasteiger charge is -2.24. The third kappa shape index (κ3) is 5.32. The van der Waals surface area contributed by atoms with Crippen molar-refractivity contribution in [2.45, 2.75) is 20.8 Å². The van der Waals surface area contributed by atoms with Crippen molar-refractivity contribution in [3.8, 4) is 11.5 Å². The zero-order valence-corrected chi connectivity index (χ0v) is 22.1. The first-order valence-electron chi connectivity index (χ1n) is 10.9. The van der Waals surface area contributed by atoms with Gasteiger partial charge in [0, 0.05) is 0 Å². The first-order chi connectivity index (χ1) is 17.1. The fourth-order valence-electron chi connectivity index (χ4n) is 3.33. The first-order valence-corrected chi connectivity index (χ1v) is 13.7. The van der Waals surface area contributed by atoms with Gasteiger partial charge in [0.25, 0.3) is 5.91 Å². The second-order valence-corrected chi connectivity index (χ2v) is 11.3. The molecule has 188 valence electrons. The van der Waals surface area contributed by atoms with E-state index in [9.17, 15) is 13.2 Å². The van der Waals surface area contributed by atoms with Gasteiger partial charge in [0.2, 0.25) is 20.2 Å². The Kier molecular flexibility index (Phi) is 7.53. The smallest absolute Gasteiger partial charge is 0.283 e. The zero-order chi connectivity index (χ0) is 26.0. The van der Waals surface area contributed by atoms with Gasteiger partial charge in [-0.3, -0.25) is 10.2 Å². The monoisotopic (exact) mass is 546 g/mol. The molecule has 36 heavy (non-hydrogen) atoms. The molecule has 2 heterocycles. The summed E-state index contributed by atoms with van der Waals surface area (Å²) in [4.78, 5) is 17.5. The number of rotatable bonds is 7. The van der Waals surface area contributed by atoms with E-state index in [-0.39, 0.29) is 34.1 Å². The van der Waals surface area contributed by atoms with Gasteiger partial charge >= 0.3 is 0 Å². The summed E-state index contributed by atoms with van der Waals surface area (Å²) in [5.74, 6) is 0.0296. The molecule has 2 aliphatic heterocycles. The highest BCUT2D eigenvalue weighted by Gasteiger charge is 2.42. The molecule has 0 radical (unpaired) electrons. The number of aliphatic imine (C=N–C) groups is 1. The number of amides is 1. The van der Waals surface area contributed by atoms with Crippen molar-refractivity contribution >= 4 is 61.5 Å². The minimum atomic E-state index is -3.71. The molecule has 0 fully saturated rings. The normalized spacial score (nSPS) is 16.7. The maximum atomic E-state index is 12.6. The molecule has 9 nitrogen and oxygen atoms in total. The van der Waals surface area contributed by atoms with Crippen LogP contribution >= 0.6 is 23.5 Å². The zero-order valence-electron chi connectivity index (χ0n) is 19.7. The van der Waals surface area contributed by atoms with Crippen molar-refractivity contribution in [2.75, 3.05) is 19.0 Å². The second kappa shape index (κ2) is 10.5. The van der Waals surface area contributed by atoms with Crippen LogP contribution in [0.1, 0.15) is 23.6 Å². The lowest BCUT2D eigenvalue weighted by molar-refractivity contribution is -0.114. The Morgan fingerprint density at radius 3 is 2.56 bits per heavy atom. The van der Waals surface area contributed by atoms with Gasteiger partial charge in [-0.1, -0.05) is 30.7 Å². The maximum absolute atomic E-state index is 12.6. The molecule has 1 amide bonds. The Hall–Kier alpha value is -3.15. The summed E-state index contributed by atoms with van der Waals surface area (Å²) in [6, 6.07) is 10.8. The maximum Gasteiger partial charge on any atom is 0.283 e. The van der Waals surface area contributed by atoms with E-state index in [2.05, 4.69) is 9.39 Å². The van der Waals surface area contributed by atoms with Crippen molar-refractivity contribution in [2.24, 2.45) is 9.39 Å². The predicted molar refractivity (Wildman–Crippen MR) is 143 cm³/mol. The molecule has 0 bridgehead atoms. The van der Waals surface area contributed by atoms with Crippen molar-refractivity contribution in [1.82, 2.24) is 4.90 Å². The van der Waals surface area contributed by atoms with Crippen LogP contribution in [0.15, 0.2) is 51.4 Å². The molecule has 4 rings (SSSR count).